The summed E-state index contributed by atoms with van der Waals surface area (Å²) in [5, 5.41) is 15.1. The number of anilines is 1. The van der Waals surface area contributed by atoms with E-state index in [0.29, 0.717) is 16.8 Å². The molecule has 0 saturated carbocycles. The first-order chi connectivity index (χ1) is 13.1. The molecule has 0 fully saturated rings. The normalized spacial score (nSPS) is 10.8. The molecule has 8 heteroatoms. The number of hydrogen-bond donors (Lipinski definition) is 1. The lowest BCUT2D eigenvalue weighted by atomic mass is 10.0. The Morgan fingerprint density at radius 2 is 2.00 bits per heavy atom. The highest BCUT2D eigenvalue weighted by atomic mass is 32.2. The molecule has 1 heterocycles. The molecule has 1 aromatic heterocycles. The highest BCUT2D eigenvalue weighted by Crippen LogP contribution is 2.22. The van der Waals surface area contributed by atoms with Crippen molar-refractivity contribution >= 4 is 23.4 Å². The Morgan fingerprint density at radius 3 is 2.70 bits per heavy atom. The van der Waals surface area contributed by atoms with E-state index in [0.717, 1.165) is 11.4 Å². The minimum atomic E-state index is -0.113. The standard InChI is InChI=1S/C19H21N5O2S/c1-13(2)14-7-9-15(10-8-14)20-18(25)12-27-19-21-22-23-24(19)16-5-4-6-17(11-16)26-3/h4-11,13H,12H2,1-3H3,(H,20,25). The van der Waals surface area contributed by atoms with Gasteiger partial charge in [0.1, 0.15) is 5.75 Å². The van der Waals surface area contributed by atoms with Crippen LogP contribution in [0.2, 0.25) is 0 Å². The molecule has 7 nitrogen and oxygen atoms in total. The fourth-order valence-corrected chi connectivity index (χ4v) is 3.14. The van der Waals surface area contributed by atoms with Gasteiger partial charge in [0, 0.05) is 11.8 Å². The summed E-state index contributed by atoms with van der Waals surface area (Å²) in [5.41, 5.74) is 2.78. The van der Waals surface area contributed by atoms with Crippen LogP contribution in [-0.2, 0) is 4.79 Å². The molecule has 2 aromatic carbocycles. The van der Waals surface area contributed by atoms with E-state index >= 15 is 0 Å². The van der Waals surface area contributed by atoms with Gasteiger partial charge in [-0.3, -0.25) is 4.79 Å². The summed E-state index contributed by atoms with van der Waals surface area (Å²) in [6.45, 7) is 4.27. The van der Waals surface area contributed by atoms with Gasteiger partial charge in [0.05, 0.1) is 18.6 Å². The van der Waals surface area contributed by atoms with Gasteiger partial charge < -0.3 is 10.1 Å². The monoisotopic (exact) mass is 383 g/mol. The molecule has 3 rings (SSSR count). The molecule has 0 bridgehead atoms. The quantitative estimate of drug-likeness (QED) is 0.629. The predicted molar refractivity (Wildman–Crippen MR) is 106 cm³/mol. The number of rotatable bonds is 7. The third-order valence-electron chi connectivity index (χ3n) is 3.93. The third kappa shape index (κ3) is 4.85. The molecule has 0 saturated heterocycles. The number of benzene rings is 2. The van der Waals surface area contributed by atoms with Gasteiger partial charge >= 0.3 is 0 Å². The van der Waals surface area contributed by atoms with Gasteiger partial charge in [-0.05, 0) is 46.2 Å². The van der Waals surface area contributed by atoms with Crippen molar-refractivity contribution in [3.05, 3.63) is 54.1 Å². The van der Waals surface area contributed by atoms with E-state index in [1.807, 2.05) is 48.5 Å². The van der Waals surface area contributed by atoms with E-state index in [1.54, 1.807) is 11.8 Å². The smallest absolute Gasteiger partial charge is 0.234 e. The molecule has 0 aliphatic carbocycles. The second kappa shape index (κ2) is 8.68. The van der Waals surface area contributed by atoms with Crippen molar-refractivity contribution in [1.82, 2.24) is 20.2 Å². The topological polar surface area (TPSA) is 81.9 Å². The molecule has 0 radical (unpaired) electrons. The highest BCUT2D eigenvalue weighted by Gasteiger charge is 2.12. The first-order valence-corrected chi connectivity index (χ1v) is 9.51. The van der Waals surface area contributed by atoms with E-state index in [1.165, 1.54) is 17.3 Å². The molecule has 1 amide bonds. The zero-order chi connectivity index (χ0) is 19.2. The van der Waals surface area contributed by atoms with E-state index < -0.39 is 0 Å². The predicted octanol–water partition coefficient (Wildman–Crippen LogP) is 3.53. The van der Waals surface area contributed by atoms with Crippen LogP contribution >= 0.6 is 11.8 Å². The maximum absolute atomic E-state index is 12.2. The second-order valence-corrected chi connectivity index (χ2v) is 7.13. The van der Waals surface area contributed by atoms with Crippen molar-refractivity contribution in [1.29, 1.82) is 0 Å². The Bertz CT molecular complexity index is 908. The van der Waals surface area contributed by atoms with E-state index in [-0.39, 0.29) is 11.7 Å². The minimum Gasteiger partial charge on any atom is -0.497 e. The number of carbonyl (C=O) groups is 1. The number of methoxy groups -OCH3 is 1. The average Bonchev–Trinajstić information content (AvgIpc) is 3.15. The fourth-order valence-electron chi connectivity index (χ4n) is 2.45. The molecule has 3 aromatic rings. The van der Waals surface area contributed by atoms with Gasteiger partial charge in [-0.1, -0.05) is 43.8 Å². The van der Waals surface area contributed by atoms with Gasteiger partial charge in [0.15, 0.2) is 0 Å². The summed E-state index contributed by atoms with van der Waals surface area (Å²) < 4.78 is 6.81. The maximum Gasteiger partial charge on any atom is 0.234 e. The molecule has 27 heavy (non-hydrogen) atoms. The zero-order valence-electron chi connectivity index (χ0n) is 15.4. The summed E-state index contributed by atoms with van der Waals surface area (Å²) in [4.78, 5) is 12.2. The summed E-state index contributed by atoms with van der Waals surface area (Å²) in [7, 11) is 1.60. The first kappa shape index (κ1) is 18.9. The lowest BCUT2D eigenvalue weighted by molar-refractivity contribution is -0.113. The molecule has 0 atom stereocenters. The number of nitrogens with one attached hydrogen (secondary N) is 1. The van der Waals surface area contributed by atoms with Crippen LogP contribution in [0.15, 0.2) is 53.7 Å². The number of thioether (sulfide) groups is 1. The number of aromatic nitrogens is 4. The Morgan fingerprint density at radius 1 is 1.22 bits per heavy atom. The molecule has 0 aliphatic heterocycles. The fraction of sp³-hybridized carbons (Fsp3) is 0.263. The Labute approximate surface area is 162 Å². The van der Waals surface area contributed by atoms with Gasteiger partial charge in [0.2, 0.25) is 11.1 Å². The van der Waals surface area contributed by atoms with Crippen LogP contribution in [0, 0.1) is 0 Å². The van der Waals surface area contributed by atoms with E-state index in [9.17, 15) is 4.79 Å². The van der Waals surface area contributed by atoms with Crippen molar-refractivity contribution in [2.45, 2.75) is 24.9 Å². The maximum atomic E-state index is 12.2. The van der Waals surface area contributed by atoms with Crippen molar-refractivity contribution in [2.24, 2.45) is 0 Å². The van der Waals surface area contributed by atoms with E-state index in [2.05, 4.69) is 34.7 Å². The zero-order valence-corrected chi connectivity index (χ0v) is 16.2. The summed E-state index contributed by atoms with van der Waals surface area (Å²) in [5.74, 6) is 1.26. The lowest BCUT2D eigenvalue weighted by Crippen LogP contribution is -2.14. The van der Waals surface area contributed by atoms with Crippen molar-refractivity contribution < 1.29 is 9.53 Å². The Kier molecular flexibility index (Phi) is 6.08. The molecular formula is C19H21N5O2S. The van der Waals surface area contributed by atoms with Crippen LogP contribution in [0.5, 0.6) is 5.75 Å². The van der Waals surface area contributed by atoms with Gasteiger partial charge in [0.25, 0.3) is 0 Å². The largest absolute Gasteiger partial charge is 0.497 e. The number of tetrazole rings is 1. The van der Waals surface area contributed by atoms with Crippen LogP contribution < -0.4 is 10.1 Å². The van der Waals surface area contributed by atoms with Crippen molar-refractivity contribution in [3.63, 3.8) is 0 Å². The third-order valence-corrected chi connectivity index (χ3v) is 4.85. The molecular weight excluding hydrogens is 362 g/mol. The van der Waals surface area contributed by atoms with Crippen LogP contribution in [0.25, 0.3) is 5.69 Å². The van der Waals surface area contributed by atoms with Crippen LogP contribution in [-0.4, -0.2) is 39.0 Å². The number of ether oxygens (including phenoxy) is 1. The molecule has 140 valence electrons. The van der Waals surface area contributed by atoms with Crippen molar-refractivity contribution in [3.8, 4) is 11.4 Å². The van der Waals surface area contributed by atoms with E-state index in [4.69, 9.17) is 4.74 Å². The second-order valence-electron chi connectivity index (χ2n) is 6.19. The average molecular weight is 383 g/mol. The summed E-state index contributed by atoms with van der Waals surface area (Å²) >= 11 is 1.27. The molecule has 0 unspecified atom stereocenters. The molecule has 1 N–H and O–H groups in total. The van der Waals surface area contributed by atoms with Crippen LogP contribution in [0.3, 0.4) is 0 Å². The van der Waals surface area contributed by atoms with Crippen LogP contribution in [0.1, 0.15) is 25.3 Å². The highest BCUT2D eigenvalue weighted by molar-refractivity contribution is 7.99. The van der Waals surface area contributed by atoms with Crippen LogP contribution in [0.4, 0.5) is 5.69 Å². The molecule has 0 aliphatic rings. The molecule has 0 spiro atoms. The SMILES string of the molecule is COc1cccc(-n2nnnc2SCC(=O)Nc2ccc(C(C)C)cc2)c1. The van der Waals surface area contributed by atoms with Gasteiger partial charge in [-0.15, -0.1) is 5.10 Å². The van der Waals surface area contributed by atoms with Gasteiger partial charge in [-0.25, -0.2) is 0 Å². The van der Waals surface area contributed by atoms with Crippen molar-refractivity contribution in [2.75, 3.05) is 18.2 Å². The minimum absolute atomic E-state index is 0.113. The lowest BCUT2D eigenvalue weighted by Gasteiger charge is -2.09. The summed E-state index contributed by atoms with van der Waals surface area (Å²) in [6, 6.07) is 15.3. The Balaban J connectivity index is 1.62. The summed E-state index contributed by atoms with van der Waals surface area (Å²) in [6.07, 6.45) is 0. The Hall–Kier alpha value is -2.87. The number of amides is 1. The first-order valence-electron chi connectivity index (χ1n) is 8.52. The number of carbonyl (C=O) groups excluding carboxylic acids is 1. The number of hydrogen-bond acceptors (Lipinski definition) is 6. The number of nitrogens with zero attached hydrogens (tertiary/aromatic N) is 4. The van der Waals surface area contributed by atoms with Gasteiger partial charge in [-0.2, -0.15) is 4.68 Å².